The lowest BCUT2D eigenvalue weighted by Crippen LogP contribution is -2.21. The number of nitrogens with one attached hydrogen (secondary N) is 1. The molecule has 1 aromatic carbocycles. The predicted molar refractivity (Wildman–Crippen MR) is 93.0 cm³/mol. The van der Waals surface area contributed by atoms with E-state index in [1.165, 1.54) is 0 Å². The number of amides is 1. The number of hydrogen-bond donors (Lipinski definition) is 1. The minimum Gasteiger partial charge on any atom is -0.495 e. The summed E-state index contributed by atoms with van der Waals surface area (Å²) >= 11 is 5.96. The van der Waals surface area contributed by atoms with E-state index in [1.54, 1.807) is 31.5 Å². The fourth-order valence-electron chi connectivity index (χ4n) is 2.84. The molecule has 0 radical (unpaired) electrons. The average Bonchev–Trinajstić information content (AvgIpc) is 2.60. The van der Waals surface area contributed by atoms with Gasteiger partial charge in [0.05, 0.1) is 12.8 Å². The van der Waals surface area contributed by atoms with Gasteiger partial charge >= 0.3 is 0 Å². The largest absolute Gasteiger partial charge is 0.495 e. The molecule has 0 saturated carbocycles. The molecule has 126 valence electrons. The van der Waals surface area contributed by atoms with Crippen molar-refractivity contribution in [3.63, 3.8) is 0 Å². The van der Waals surface area contributed by atoms with E-state index in [-0.39, 0.29) is 12.5 Å². The van der Waals surface area contributed by atoms with Gasteiger partial charge in [0, 0.05) is 22.5 Å². The van der Waals surface area contributed by atoms with Crippen LogP contribution in [0.5, 0.6) is 11.5 Å². The Balaban J connectivity index is 1.65. The smallest absolute Gasteiger partial charge is 0.262 e. The van der Waals surface area contributed by atoms with Gasteiger partial charge in [-0.25, -0.2) is 0 Å². The number of nitrogens with zero attached hydrogens (tertiary/aromatic N) is 1. The molecule has 1 amide bonds. The van der Waals surface area contributed by atoms with E-state index >= 15 is 0 Å². The van der Waals surface area contributed by atoms with Gasteiger partial charge in [0.15, 0.2) is 6.61 Å². The van der Waals surface area contributed by atoms with Crippen molar-refractivity contribution in [1.82, 2.24) is 4.98 Å². The van der Waals surface area contributed by atoms with Gasteiger partial charge in [0.25, 0.3) is 5.91 Å². The van der Waals surface area contributed by atoms with E-state index in [0.29, 0.717) is 16.5 Å². The molecular formula is C18H19ClN2O3. The molecule has 0 aliphatic heterocycles. The molecule has 6 heteroatoms. The van der Waals surface area contributed by atoms with Gasteiger partial charge in [-0.1, -0.05) is 11.6 Å². The average molecular weight is 347 g/mol. The molecule has 1 aromatic heterocycles. The normalized spacial score (nSPS) is 13.1. The zero-order chi connectivity index (χ0) is 16.9. The first-order valence-corrected chi connectivity index (χ1v) is 8.28. The summed E-state index contributed by atoms with van der Waals surface area (Å²) in [5.41, 5.74) is 2.72. The maximum absolute atomic E-state index is 12.2. The maximum atomic E-state index is 12.2. The number of pyridine rings is 1. The van der Waals surface area contributed by atoms with Gasteiger partial charge in [-0.3, -0.25) is 9.78 Å². The zero-order valence-electron chi connectivity index (χ0n) is 13.5. The summed E-state index contributed by atoms with van der Waals surface area (Å²) in [6.07, 6.45) is 5.93. The van der Waals surface area contributed by atoms with Crippen LogP contribution in [0.2, 0.25) is 5.02 Å². The summed E-state index contributed by atoms with van der Waals surface area (Å²) in [6, 6.07) is 6.87. The number of halogens is 1. The fourth-order valence-corrected chi connectivity index (χ4v) is 3.01. The number of aryl methyl sites for hydroxylation is 1. The molecule has 0 spiro atoms. The molecule has 1 heterocycles. The Kier molecular flexibility index (Phi) is 5.20. The monoisotopic (exact) mass is 346 g/mol. The minimum absolute atomic E-state index is 0.0773. The Morgan fingerprint density at radius 3 is 2.92 bits per heavy atom. The quantitative estimate of drug-likeness (QED) is 0.897. The summed E-state index contributed by atoms with van der Waals surface area (Å²) in [4.78, 5) is 16.6. The van der Waals surface area contributed by atoms with Crippen LogP contribution >= 0.6 is 11.6 Å². The summed E-state index contributed by atoms with van der Waals surface area (Å²) in [6.45, 7) is -0.0773. The number of carbonyl (C=O) groups is 1. The van der Waals surface area contributed by atoms with Crippen LogP contribution in [0.3, 0.4) is 0 Å². The van der Waals surface area contributed by atoms with Crippen LogP contribution in [0.15, 0.2) is 30.5 Å². The number of rotatable bonds is 5. The van der Waals surface area contributed by atoms with Crippen molar-refractivity contribution in [2.24, 2.45) is 0 Å². The van der Waals surface area contributed by atoms with E-state index in [9.17, 15) is 4.79 Å². The number of fused-ring (bicyclic) bond motifs is 1. The minimum atomic E-state index is -0.267. The number of hydrogen-bond acceptors (Lipinski definition) is 4. The van der Waals surface area contributed by atoms with Gasteiger partial charge in [0.1, 0.15) is 11.5 Å². The maximum Gasteiger partial charge on any atom is 0.262 e. The molecule has 3 rings (SSSR count). The summed E-state index contributed by atoms with van der Waals surface area (Å²) in [5.74, 6) is 1.03. The Morgan fingerprint density at radius 2 is 2.08 bits per heavy atom. The Bertz CT molecular complexity index is 749. The Labute approximate surface area is 145 Å². The lowest BCUT2D eigenvalue weighted by Gasteiger charge is -2.18. The lowest BCUT2D eigenvalue weighted by molar-refractivity contribution is -0.118. The van der Waals surface area contributed by atoms with Crippen molar-refractivity contribution in [2.45, 2.75) is 25.7 Å². The standard InChI is InChI=1S/C18H19ClN2O3/c1-23-17-7-6-12(19)10-15(17)21-18(22)11-24-16-8-9-20-14-5-3-2-4-13(14)16/h6-10H,2-5,11H2,1H3,(H,21,22). The molecule has 0 unspecified atom stereocenters. The molecule has 1 aliphatic rings. The van der Waals surface area contributed by atoms with Crippen LogP contribution in [-0.4, -0.2) is 24.6 Å². The van der Waals surface area contributed by atoms with Crippen LogP contribution in [-0.2, 0) is 17.6 Å². The third kappa shape index (κ3) is 3.79. The van der Waals surface area contributed by atoms with Gasteiger partial charge in [-0.05, 0) is 49.9 Å². The highest BCUT2D eigenvalue weighted by Gasteiger charge is 2.16. The van der Waals surface area contributed by atoms with E-state index < -0.39 is 0 Å². The topological polar surface area (TPSA) is 60.5 Å². The van der Waals surface area contributed by atoms with E-state index in [4.69, 9.17) is 21.1 Å². The number of aromatic nitrogens is 1. The molecule has 1 aliphatic carbocycles. The number of benzene rings is 1. The summed E-state index contributed by atoms with van der Waals surface area (Å²) < 4.78 is 10.9. The highest BCUT2D eigenvalue weighted by atomic mass is 35.5. The molecule has 0 saturated heterocycles. The van der Waals surface area contributed by atoms with Crippen molar-refractivity contribution < 1.29 is 14.3 Å². The molecule has 5 nitrogen and oxygen atoms in total. The van der Waals surface area contributed by atoms with E-state index in [2.05, 4.69) is 10.3 Å². The molecule has 0 fully saturated rings. The highest BCUT2D eigenvalue weighted by Crippen LogP contribution is 2.29. The van der Waals surface area contributed by atoms with Gasteiger partial charge in [-0.2, -0.15) is 0 Å². The van der Waals surface area contributed by atoms with Crippen molar-refractivity contribution in [3.05, 3.63) is 46.7 Å². The highest BCUT2D eigenvalue weighted by molar-refractivity contribution is 6.31. The van der Waals surface area contributed by atoms with Crippen LogP contribution in [0.25, 0.3) is 0 Å². The summed E-state index contributed by atoms with van der Waals surface area (Å²) in [7, 11) is 1.54. The number of methoxy groups -OCH3 is 1. The van der Waals surface area contributed by atoms with Crippen molar-refractivity contribution >= 4 is 23.2 Å². The predicted octanol–water partition coefficient (Wildman–Crippen LogP) is 3.64. The Morgan fingerprint density at radius 1 is 1.25 bits per heavy atom. The van der Waals surface area contributed by atoms with Crippen molar-refractivity contribution in [1.29, 1.82) is 0 Å². The third-order valence-corrected chi connectivity index (χ3v) is 4.22. The van der Waals surface area contributed by atoms with E-state index in [0.717, 1.165) is 42.7 Å². The van der Waals surface area contributed by atoms with Gasteiger partial charge in [0.2, 0.25) is 0 Å². The Hall–Kier alpha value is -2.27. The van der Waals surface area contributed by atoms with Gasteiger partial charge in [-0.15, -0.1) is 0 Å². The van der Waals surface area contributed by atoms with Gasteiger partial charge < -0.3 is 14.8 Å². The first-order chi connectivity index (χ1) is 11.7. The fraction of sp³-hybridized carbons (Fsp3) is 0.333. The molecule has 2 aromatic rings. The van der Waals surface area contributed by atoms with Crippen LogP contribution < -0.4 is 14.8 Å². The molecule has 1 N–H and O–H groups in total. The molecule has 0 bridgehead atoms. The molecule has 24 heavy (non-hydrogen) atoms. The molecular weight excluding hydrogens is 328 g/mol. The third-order valence-electron chi connectivity index (χ3n) is 3.99. The van der Waals surface area contributed by atoms with Crippen molar-refractivity contribution in [3.8, 4) is 11.5 Å². The van der Waals surface area contributed by atoms with Crippen LogP contribution in [0.4, 0.5) is 5.69 Å². The second kappa shape index (κ2) is 7.53. The zero-order valence-corrected chi connectivity index (χ0v) is 14.2. The lowest BCUT2D eigenvalue weighted by atomic mass is 9.95. The van der Waals surface area contributed by atoms with Crippen LogP contribution in [0.1, 0.15) is 24.1 Å². The second-order valence-electron chi connectivity index (χ2n) is 5.62. The number of carbonyl (C=O) groups excluding carboxylic acids is 1. The van der Waals surface area contributed by atoms with Crippen LogP contribution in [0, 0.1) is 0 Å². The SMILES string of the molecule is COc1ccc(Cl)cc1NC(=O)COc1ccnc2c1CCCC2. The first-order valence-electron chi connectivity index (χ1n) is 7.90. The molecule has 0 atom stereocenters. The second-order valence-corrected chi connectivity index (χ2v) is 6.06. The summed E-state index contributed by atoms with van der Waals surface area (Å²) in [5, 5.41) is 3.29. The number of ether oxygens (including phenoxy) is 2. The van der Waals surface area contributed by atoms with E-state index in [1.807, 2.05) is 6.07 Å². The number of anilines is 1. The van der Waals surface area contributed by atoms with Crippen molar-refractivity contribution in [2.75, 3.05) is 19.0 Å². The first kappa shape index (κ1) is 16.6.